The van der Waals surface area contributed by atoms with Gasteiger partial charge in [-0.2, -0.15) is 0 Å². The summed E-state index contributed by atoms with van der Waals surface area (Å²) in [5, 5.41) is 99.3. The molecule has 19 amide bonds. The van der Waals surface area contributed by atoms with Crippen LogP contribution in [0.2, 0.25) is 0 Å². The quantitative estimate of drug-likeness (QED) is 0.0274. The van der Waals surface area contributed by atoms with Crippen molar-refractivity contribution in [1.82, 2.24) is 114 Å². The zero-order chi connectivity index (χ0) is 107. The van der Waals surface area contributed by atoms with Gasteiger partial charge in [0.1, 0.15) is 115 Å². The van der Waals surface area contributed by atoms with Crippen molar-refractivity contribution in [1.29, 1.82) is 0 Å². The number of carbonyl (C=O) groups excluding carboxylic acids is 19. The third kappa shape index (κ3) is 33.8. The number of aromatic nitrogens is 2. The van der Waals surface area contributed by atoms with Gasteiger partial charge in [-0.05, 0) is 200 Å². The molecule has 7 heterocycles. The number of carboxylic acid groups (broad SMARTS) is 2. The van der Waals surface area contributed by atoms with Crippen LogP contribution in [0.5, 0.6) is 0 Å². The van der Waals surface area contributed by atoms with Gasteiger partial charge in [-0.15, -0.1) is 0 Å². The number of nitrogens with two attached hydrogens (primary N) is 3. The first-order chi connectivity index (χ1) is 69.6. The third-order valence-corrected chi connectivity index (χ3v) is 26.7. The van der Waals surface area contributed by atoms with Crippen molar-refractivity contribution in [3.05, 3.63) is 54.1 Å². The molecule has 0 saturated carbocycles. The van der Waals surface area contributed by atoms with Crippen LogP contribution in [0.4, 0.5) is 0 Å². The molecule has 810 valence electrons. The second-order valence-electron chi connectivity index (χ2n) is 38.1. The second kappa shape index (κ2) is 58.4. The number of hydrogen-bond donors (Lipinski definition) is 25. The number of rotatable bonds is 57. The molecule has 0 unspecified atom stereocenters. The topological polar surface area (TPSA) is 783 Å². The Morgan fingerprint density at radius 1 is 0.377 bits per heavy atom. The summed E-state index contributed by atoms with van der Waals surface area (Å²) in [6.07, 6.45) is 5.03. The van der Waals surface area contributed by atoms with Crippen molar-refractivity contribution >= 4 is 124 Å². The predicted molar refractivity (Wildman–Crippen MR) is 518 cm³/mol. The Morgan fingerprint density at radius 3 is 1.25 bits per heavy atom. The van der Waals surface area contributed by atoms with Crippen molar-refractivity contribution in [3.63, 3.8) is 0 Å². The van der Waals surface area contributed by atoms with E-state index in [1.54, 1.807) is 44.2 Å². The largest absolute Gasteiger partial charge is 0.481 e. The number of nitrogens with zero attached hydrogens (tertiary/aromatic N) is 6. The highest BCUT2D eigenvalue weighted by molar-refractivity contribution is 6.03. The Hall–Kier alpha value is -13.0. The van der Waals surface area contributed by atoms with Crippen LogP contribution in [-0.4, -0.2) is 395 Å². The highest BCUT2D eigenvalue weighted by atomic mass is 16.4. The molecule has 0 aliphatic carbocycles. The van der Waals surface area contributed by atoms with E-state index in [0.29, 0.717) is 69.9 Å². The van der Waals surface area contributed by atoms with E-state index in [9.17, 15) is 127 Å². The number of amides is 19. The van der Waals surface area contributed by atoms with E-state index in [-0.39, 0.29) is 142 Å². The predicted octanol–water partition coefficient (Wildman–Crippen LogP) is -9.29. The van der Waals surface area contributed by atoms with Gasteiger partial charge >= 0.3 is 11.9 Å². The lowest BCUT2D eigenvalue weighted by molar-refractivity contribution is -0.151. The molecule has 28 N–H and O–H groups in total. The Kier molecular flexibility index (Phi) is 47.2. The number of aliphatic hydroxyl groups excluding tert-OH is 4. The first-order valence-corrected chi connectivity index (χ1v) is 50.2. The molecule has 52 heteroatoms. The molecule has 2 aromatic rings. The summed E-state index contributed by atoms with van der Waals surface area (Å²) < 4.78 is 0. The summed E-state index contributed by atoms with van der Waals surface area (Å²) in [4.78, 5) is 307. The van der Waals surface area contributed by atoms with Crippen LogP contribution in [-0.2, 0) is 114 Å². The smallest absolute Gasteiger partial charge is 0.326 e. The Labute approximate surface area is 844 Å². The molecule has 0 spiro atoms. The van der Waals surface area contributed by atoms with E-state index < -0.39 is 283 Å². The van der Waals surface area contributed by atoms with Gasteiger partial charge < -0.3 is 157 Å². The van der Waals surface area contributed by atoms with E-state index in [1.165, 1.54) is 59.8 Å². The van der Waals surface area contributed by atoms with Gasteiger partial charge in [0.2, 0.25) is 112 Å². The fraction of sp³-hybridized carbons (Fsp3) is 0.681. The molecule has 6 aliphatic heterocycles. The van der Waals surface area contributed by atoms with Crippen LogP contribution in [0.1, 0.15) is 194 Å². The van der Waals surface area contributed by atoms with E-state index in [0.717, 1.165) is 11.3 Å². The van der Waals surface area contributed by atoms with Gasteiger partial charge in [0.25, 0.3) is 0 Å². The molecule has 6 saturated heterocycles. The van der Waals surface area contributed by atoms with Crippen LogP contribution >= 0.6 is 0 Å². The molecule has 6 aliphatic rings. The van der Waals surface area contributed by atoms with Crippen molar-refractivity contribution < 1.29 is 131 Å². The summed E-state index contributed by atoms with van der Waals surface area (Å²) in [5.74, 6) is -20.2. The molecule has 21 atom stereocenters. The van der Waals surface area contributed by atoms with Crippen molar-refractivity contribution in [3.8, 4) is 0 Å². The molecule has 1 aromatic heterocycles. The van der Waals surface area contributed by atoms with Crippen molar-refractivity contribution in [2.75, 3.05) is 78.7 Å². The maximum absolute atomic E-state index is 15.1. The molecule has 0 radical (unpaired) electrons. The number of carboxylic acids is 2. The zero-order valence-corrected chi connectivity index (χ0v) is 83.4. The lowest BCUT2D eigenvalue weighted by atomic mass is 10.00. The normalized spacial score (nSPS) is 20.7. The average molecular weight is 2060 g/mol. The Bertz CT molecular complexity index is 4840. The van der Waals surface area contributed by atoms with E-state index in [4.69, 9.17) is 17.2 Å². The number of imidazole rings is 1. The zero-order valence-electron chi connectivity index (χ0n) is 83.4. The van der Waals surface area contributed by atoms with Gasteiger partial charge in [-0.3, -0.25) is 95.9 Å². The average Bonchev–Trinajstić information content (AvgIpc) is 1.63. The van der Waals surface area contributed by atoms with Crippen LogP contribution in [0.15, 0.2) is 42.9 Å². The number of nitrogens with one attached hydrogen (secondary N) is 16. The highest BCUT2D eigenvalue weighted by Crippen LogP contribution is 2.31. The number of carbonyl (C=O) groups is 21. The van der Waals surface area contributed by atoms with Crippen LogP contribution in [0.3, 0.4) is 0 Å². The molecule has 1 aromatic carbocycles. The van der Waals surface area contributed by atoms with Gasteiger partial charge in [-0.1, -0.05) is 44.2 Å². The summed E-state index contributed by atoms with van der Waals surface area (Å²) in [5.41, 5.74) is 18.0. The summed E-state index contributed by atoms with van der Waals surface area (Å²) in [7, 11) is 0. The Balaban J connectivity index is 0.860. The van der Waals surface area contributed by atoms with Crippen LogP contribution in [0.25, 0.3) is 0 Å². The number of unbranched alkanes of at least 4 members (excludes halogenated alkanes) is 3. The maximum Gasteiger partial charge on any atom is 0.326 e. The SMILES string of the molecule is CC(C)[C@H](NC(=O)[C@@H]1CCCN1C(=O)[C@H](C)NC(=O)[C@H](CO)NC(=O)[C@H](CO)NC(=O)[C@H](Cc1c[nH]cn1)NC(=O)[C@H](CCCCN)NC(=O)[C@@H]1CCCN1C(=O)[C@H](CCCCN)NC(=O)[C@@H]1CCCN1C(=O)[C@@H]1CCCN1C(=O)[C@@H]1CCCN1C(=O)[C@H](C)NC(=O)[C@@H](NC(=O)[C@H](CO)NC(=O)[C@H](C)NC(=O)[C@@H]1CCCN1)[C@@H](C)O)C(=O)N[C@@H](Cc1ccccc1)C(=O)N[C@@H](CC(=O)O)C(=O)N[C@@H](CCCCN)C(=O)O. The second-order valence-corrected chi connectivity index (χ2v) is 38.1. The van der Waals surface area contributed by atoms with Crippen molar-refractivity contribution in [2.24, 2.45) is 23.1 Å². The van der Waals surface area contributed by atoms with E-state index >= 15 is 4.79 Å². The minimum atomic E-state index is -1.92. The van der Waals surface area contributed by atoms with Crippen molar-refractivity contribution in [2.45, 2.75) is 323 Å². The van der Waals surface area contributed by atoms with Gasteiger partial charge in [0, 0.05) is 51.8 Å². The Morgan fingerprint density at radius 2 is 0.767 bits per heavy atom. The first kappa shape index (κ1) is 118. The minimum absolute atomic E-state index is 0.0206. The number of likely N-dealkylation sites (tertiary alicyclic amines) is 5. The van der Waals surface area contributed by atoms with Gasteiger partial charge in [-0.25, -0.2) is 9.78 Å². The minimum Gasteiger partial charge on any atom is -0.481 e. The maximum atomic E-state index is 15.1. The number of aliphatic hydroxyl groups is 4. The standard InChI is InChI=1S/C94H147N25O27/c1-50(2)73(87(138)109-61(42-55-22-8-7-9-23-55)78(129)108-63(44-72(124)125)80(131)106-60(94(145)146)26-12-15-35-97)113-86(137)69-30-17-37-115(69)89(140)52(4)102-81(132)64(46-120)112-82(133)65(47-121)111-79(130)62(43-56-45-98-49-100-56)107-77(128)58(24-10-13-33-95)104-84(135)67-28-18-38-116(67)91(142)59(25-11-14-34-96)105-85(136)68-29-19-39-117(68)92(143)71-32-21-41-119(71)93(144)70-31-20-40-118(70)90(141)53(5)103-88(139)74(54(6)123)114-83(134)66(48-122)110-75(126)51(3)101-76(127)57-27-16-36-99-57/h7-9,22-23,45,49-54,57-71,73-74,99,120-123H,10-21,24-44,46-48,95-97H2,1-6H3,(H,98,100)(H,101,127)(H,102,132)(H,103,139)(H,104,135)(H,105,136)(H,106,131)(H,107,128)(H,108,129)(H,109,138)(H,110,126)(H,111,130)(H,112,133)(H,113,137)(H,114,134)(H,124,125)(H,145,146)/t51-,52-,53-,54+,57-,58-,59-,60-,61-,62-,63-,64-,65-,66-,67-,68-,69-,70-,71-,73-,74-/m0/s1. The number of aliphatic carboxylic acids is 2. The molecule has 6 fully saturated rings. The van der Waals surface area contributed by atoms with Crippen LogP contribution < -0.4 is 97.0 Å². The number of benzene rings is 1. The fourth-order valence-electron chi connectivity index (χ4n) is 18.6. The van der Waals surface area contributed by atoms with E-state index in [2.05, 4.69) is 89.7 Å². The van der Waals surface area contributed by atoms with Gasteiger partial charge in [0.05, 0.1) is 50.4 Å². The molecular weight excluding hydrogens is 1910 g/mol. The lowest BCUT2D eigenvalue weighted by Crippen LogP contribution is -2.62. The highest BCUT2D eigenvalue weighted by Gasteiger charge is 2.50. The number of hydrogen-bond acceptors (Lipinski definition) is 30. The summed E-state index contributed by atoms with van der Waals surface area (Å²) in [6.45, 7) is 6.54. The lowest BCUT2D eigenvalue weighted by Gasteiger charge is -2.35. The summed E-state index contributed by atoms with van der Waals surface area (Å²) in [6, 6.07) is -19.8. The number of H-pyrrole nitrogens is 1. The van der Waals surface area contributed by atoms with E-state index in [1.807, 2.05) is 0 Å². The summed E-state index contributed by atoms with van der Waals surface area (Å²) >= 11 is 0. The van der Waals surface area contributed by atoms with Gasteiger partial charge in [0.15, 0.2) is 0 Å². The molecular formula is C94H147N25O27. The molecule has 8 rings (SSSR count). The van der Waals surface area contributed by atoms with Crippen LogP contribution in [0, 0.1) is 5.92 Å². The third-order valence-electron chi connectivity index (χ3n) is 26.7. The number of aromatic amines is 1. The molecule has 52 nitrogen and oxygen atoms in total. The molecule has 0 bridgehead atoms. The fourth-order valence-corrected chi connectivity index (χ4v) is 18.6. The monoisotopic (exact) mass is 2060 g/mol. The first-order valence-electron chi connectivity index (χ1n) is 50.2. The molecule has 146 heavy (non-hydrogen) atoms.